The lowest BCUT2D eigenvalue weighted by atomic mass is 9.85. The number of hydrogen-bond donors (Lipinski definition) is 3. The molecule has 4 N–H and O–H groups in total. The van der Waals surface area contributed by atoms with Crippen molar-refractivity contribution in [2.45, 2.75) is 24.7 Å². The minimum absolute atomic E-state index is 0.328. The summed E-state index contributed by atoms with van der Waals surface area (Å²) < 4.78 is 6.23. The number of rotatable bonds is 5. The molecule has 2 aliphatic heterocycles. The zero-order valence-corrected chi connectivity index (χ0v) is 20.3. The number of nitrogens with two attached hydrogens (primary N) is 1. The van der Waals surface area contributed by atoms with Crippen LogP contribution in [-0.4, -0.2) is 54.1 Å². The molecule has 0 radical (unpaired) electrons. The molecular weight excluding hydrogens is 454 g/mol. The first-order chi connectivity index (χ1) is 17.5. The fourth-order valence-corrected chi connectivity index (χ4v) is 6.06. The van der Waals surface area contributed by atoms with E-state index in [0.717, 1.165) is 66.5 Å². The van der Waals surface area contributed by atoms with Gasteiger partial charge in [0.25, 0.3) is 0 Å². The third-order valence-corrected chi connectivity index (χ3v) is 8.18. The summed E-state index contributed by atoms with van der Waals surface area (Å²) in [6.45, 7) is 4.33. The van der Waals surface area contributed by atoms with Crippen molar-refractivity contribution in [3.63, 3.8) is 0 Å². The normalized spacial score (nSPS) is 22.6. The smallest absolute Gasteiger partial charge is 0.229 e. The van der Waals surface area contributed by atoms with E-state index < -0.39 is 5.41 Å². The van der Waals surface area contributed by atoms with Crippen LogP contribution in [0.2, 0.25) is 0 Å². The van der Waals surface area contributed by atoms with Crippen LogP contribution in [-0.2, 0) is 10.2 Å². The molecular formula is C27H29N7O2. The van der Waals surface area contributed by atoms with Gasteiger partial charge in [-0.3, -0.25) is 9.78 Å². The van der Waals surface area contributed by atoms with E-state index in [1.807, 2.05) is 19.2 Å². The van der Waals surface area contributed by atoms with Crippen molar-refractivity contribution in [3.05, 3.63) is 42.4 Å². The molecule has 3 aliphatic rings. The Kier molecular flexibility index (Phi) is 4.73. The molecule has 7 rings (SSSR count). The summed E-state index contributed by atoms with van der Waals surface area (Å²) in [6.07, 6.45) is 6.29. The van der Waals surface area contributed by atoms with Crippen LogP contribution in [0.15, 0.2) is 41.1 Å². The molecule has 1 aromatic carbocycles. The van der Waals surface area contributed by atoms with Gasteiger partial charge in [-0.25, -0.2) is 9.97 Å². The molecule has 2 saturated heterocycles. The van der Waals surface area contributed by atoms with Crippen LogP contribution in [0.4, 0.5) is 11.5 Å². The number of pyridine rings is 2. The zero-order chi connectivity index (χ0) is 24.4. The van der Waals surface area contributed by atoms with Gasteiger partial charge in [0.1, 0.15) is 11.3 Å². The SMILES string of the molecule is CNc1ncc(-c2nc3cc(N4CC5CNCC(C5)C4)ccc3o2)c2cc(C3(C(N)=O)CC3)ncc12. The Labute approximate surface area is 208 Å². The maximum Gasteiger partial charge on any atom is 0.229 e. The van der Waals surface area contributed by atoms with Crippen molar-refractivity contribution in [1.29, 1.82) is 0 Å². The van der Waals surface area contributed by atoms with E-state index in [4.69, 9.17) is 15.1 Å². The molecule has 4 aromatic rings. The average molecular weight is 484 g/mol. The van der Waals surface area contributed by atoms with Crippen molar-refractivity contribution in [1.82, 2.24) is 20.3 Å². The van der Waals surface area contributed by atoms with Crippen molar-refractivity contribution in [2.24, 2.45) is 17.6 Å². The highest BCUT2D eigenvalue weighted by Crippen LogP contribution is 2.48. The number of anilines is 2. The minimum Gasteiger partial charge on any atom is -0.436 e. The Balaban J connectivity index is 1.30. The van der Waals surface area contributed by atoms with Crippen LogP contribution in [0.1, 0.15) is 25.0 Å². The Hall–Kier alpha value is -3.72. The summed E-state index contributed by atoms with van der Waals surface area (Å²) in [6, 6.07) is 8.23. The Morgan fingerprint density at radius 1 is 1.14 bits per heavy atom. The molecule has 0 spiro atoms. The predicted molar refractivity (Wildman–Crippen MR) is 139 cm³/mol. The van der Waals surface area contributed by atoms with Gasteiger partial charge in [0.05, 0.1) is 16.7 Å². The summed E-state index contributed by atoms with van der Waals surface area (Å²) in [5.74, 6) is 2.28. The predicted octanol–water partition coefficient (Wildman–Crippen LogP) is 3.04. The number of nitrogens with zero attached hydrogens (tertiary/aromatic N) is 4. The van der Waals surface area contributed by atoms with Crippen LogP contribution in [0.5, 0.6) is 0 Å². The van der Waals surface area contributed by atoms with Gasteiger partial charge in [0.15, 0.2) is 5.58 Å². The van der Waals surface area contributed by atoms with Gasteiger partial charge in [-0.05, 0) is 68.5 Å². The number of nitrogens with one attached hydrogen (secondary N) is 2. The highest BCUT2D eigenvalue weighted by molar-refractivity contribution is 6.02. The Bertz CT molecular complexity index is 1500. The number of oxazole rings is 1. The third-order valence-electron chi connectivity index (χ3n) is 8.18. The van der Waals surface area contributed by atoms with E-state index in [1.165, 1.54) is 12.1 Å². The van der Waals surface area contributed by atoms with Crippen molar-refractivity contribution < 1.29 is 9.21 Å². The number of amides is 1. The molecule has 3 fully saturated rings. The molecule has 1 aliphatic carbocycles. The number of primary amides is 1. The molecule has 5 heterocycles. The topological polar surface area (TPSA) is 122 Å². The van der Waals surface area contributed by atoms with Gasteiger partial charge in [0.2, 0.25) is 11.8 Å². The molecule has 184 valence electrons. The van der Waals surface area contributed by atoms with Gasteiger partial charge in [-0.15, -0.1) is 0 Å². The lowest BCUT2D eigenvalue weighted by Gasteiger charge is -2.42. The molecule has 9 nitrogen and oxygen atoms in total. The number of aromatic nitrogens is 3. The zero-order valence-electron chi connectivity index (χ0n) is 20.3. The van der Waals surface area contributed by atoms with E-state index in [9.17, 15) is 4.79 Å². The first-order valence-electron chi connectivity index (χ1n) is 12.7. The summed E-state index contributed by atoms with van der Waals surface area (Å²) in [4.78, 5) is 28.7. The number of carbonyl (C=O) groups is 1. The number of fused-ring (bicyclic) bond motifs is 4. The summed E-state index contributed by atoms with van der Waals surface area (Å²) >= 11 is 0. The van der Waals surface area contributed by atoms with Crippen molar-refractivity contribution in [2.75, 3.05) is 43.4 Å². The fourth-order valence-electron chi connectivity index (χ4n) is 6.06. The molecule has 36 heavy (non-hydrogen) atoms. The summed E-state index contributed by atoms with van der Waals surface area (Å²) in [5.41, 5.74) is 9.27. The molecule has 3 aromatic heterocycles. The Morgan fingerprint density at radius 2 is 1.94 bits per heavy atom. The minimum atomic E-state index is -0.674. The fraction of sp³-hybridized carbons (Fsp3) is 0.407. The second kappa shape index (κ2) is 7.89. The van der Waals surface area contributed by atoms with E-state index in [0.29, 0.717) is 29.2 Å². The van der Waals surface area contributed by atoms with Crippen LogP contribution in [0.3, 0.4) is 0 Å². The second-order valence-electron chi connectivity index (χ2n) is 10.5. The van der Waals surface area contributed by atoms with Crippen LogP contribution >= 0.6 is 0 Å². The molecule has 2 bridgehead atoms. The monoisotopic (exact) mass is 483 g/mol. The van der Waals surface area contributed by atoms with Crippen LogP contribution < -0.4 is 21.3 Å². The highest BCUT2D eigenvalue weighted by atomic mass is 16.3. The standard InChI is InChI=1S/C27H29N7O2/c1-29-24-19-11-31-23(27(4-5-27)26(28)35)8-18(19)20(12-32-24)25-33-21-7-17(2-3-22(21)36-25)34-13-15-6-16(14-34)10-30-9-15/h2-3,7-8,11-12,15-16,30H,4-6,9-10,13-14H2,1H3,(H2,28,35)(H,29,32). The molecule has 1 amide bonds. The van der Waals surface area contributed by atoms with E-state index in [-0.39, 0.29) is 5.91 Å². The first-order valence-corrected chi connectivity index (χ1v) is 12.7. The average Bonchev–Trinajstić information content (AvgIpc) is 3.61. The first kappa shape index (κ1) is 21.6. The lowest BCUT2D eigenvalue weighted by Crippen LogP contribution is -2.51. The molecule has 9 heteroatoms. The van der Waals surface area contributed by atoms with Crippen LogP contribution in [0.25, 0.3) is 33.3 Å². The maximum absolute atomic E-state index is 12.2. The Morgan fingerprint density at radius 3 is 2.67 bits per heavy atom. The number of benzene rings is 1. The molecule has 2 atom stereocenters. The lowest BCUT2D eigenvalue weighted by molar-refractivity contribution is -0.120. The second-order valence-corrected chi connectivity index (χ2v) is 10.5. The quantitative estimate of drug-likeness (QED) is 0.396. The molecule has 1 saturated carbocycles. The van der Waals surface area contributed by atoms with E-state index >= 15 is 0 Å². The van der Waals surface area contributed by atoms with Crippen molar-refractivity contribution in [3.8, 4) is 11.5 Å². The van der Waals surface area contributed by atoms with E-state index in [1.54, 1.807) is 12.4 Å². The number of hydrogen-bond acceptors (Lipinski definition) is 8. The number of carbonyl (C=O) groups excluding carboxylic acids is 1. The molecule has 2 unspecified atom stereocenters. The van der Waals surface area contributed by atoms with Gasteiger partial charge in [-0.2, -0.15) is 0 Å². The van der Waals surface area contributed by atoms with E-state index in [2.05, 4.69) is 37.6 Å². The third kappa shape index (κ3) is 3.33. The maximum atomic E-state index is 12.2. The number of piperidine rings is 2. The summed E-state index contributed by atoms with van der Waals surface area (Å²) in [5, 5.41) is 8.42. The van der Waals surface area contributed by atoms with Gasteiger partial charge < -0.3 is 25.7 Å². The summed E-state index contributed by atoms with van der Waals surface area (Å²) in [7, 11) is 1.83. The van der Waals surface area contributed by atoms with Crippen molar-refractivity contribution >= 4 is 39.3 Å². The van der Waals surface area contributed by atoms with Gasteiger partial charge in [0, 0.05) is 49.0 Å². The van der Waals surface area contributed by atoms with Gasteiger partial charge >= 0.3 is 0 Å². The highest BCUT2D eigenvalue weighted by Gasteiger charge is 2.51. The van der Waals surface area contributed by atoms with Crippen LogP contribution in [0, 0.1) is 11.8 Å². The largest absolute Gasteiger partial charge is 0.436 e. The van der Waals surface area contributed by atoms with Gasteiger partial charge in [-0.1, -0.05) is 0 Å².